The molecule has 6 nitrogen and oxygen atoms in total. The van der Waals surface area contributed by atoms with Crippen molar-refractivity contribution in [1.29, 1.82) is 0 Å². The first-order chi connectivity index (χ1) is 13.6. The smallest absolute Gasteiger partial charge is 0.258 e. The Balaban J connectivity index is 1.35. The molecule has 0 spiro atoms. The first kappa shape index (κ1) is 18.9. The van der Waals surface area contributed by atoms with E-state index in [9.17, 15) is 4.79 Å². The van der Waals surface area contributed by atoms with Gasteiger partial charge in [-0.15, -0.1) is 0 Å². The Morgan fingerprint density at radius 3 is 2.39 bits per heavy atom. The van der Waals surface area contributed by atoms with E-state index in [2.05, 4.69) is 31.9 Å². The van der Waals surface area contributed by atoms with Crippen molar-refractivity contribution in [2.75, 3.05) is 33.3 Å². The van der Waals surface area contributed by atoms with Gasteiger partial charge >= 0.3 is 0 Å². The van der Waals surface area contributed by atoms with Crippen LogP contribution in [0.1, 0.15) is 11.4 Å². The number of methoxy groups -OCH3 is 1. The zero-order chi connectivity index (χ0) is 19.5. The SMILES string of the molecule is COc1ccc(CN2CCN(Cc3nc4ccc(Cl)cc4c(=O)[nH]3)CC2)cc1. The molecule has 2 aromatic carbocycles. The Morgan fingerprint density at radius 2 is 1.71 bits per heavy atom. The molecule has 1 aliphatic heterocycles. The number of fused-ring (bicyclic) bond motifs is 1. The second-order valence-corrected chi connectivity index (χ2v) is 7.51. The number of nitrogens with one attached hydrogen (secondary N) is 1. The van der Waals surface area contributed by atoms with E-state index in [0.29, 0.717) is 28.3 Å². The average Bonchev–Trinajstić information content (AvgIpc) is 2.71. The number of nitrogens with zero attached hydrogens (tertiary/aromatic N) is 3. The third kappa shape index (κ3) is 4.35. The summed E-state index contributed by atoms with van der Waals surface area (Å²) in [5.41, 5.74) is 1.83. The zero-order valence-corrected chi connectivity index (χ0v) is 16.6. The molecule has 1 N–H and O–H groups in total. The lowest BCUT2D eigenvalue weighted by Gasteiger charge is -2.34. The Kier molecular flexibility index (Phi) is 5.62. The van der Waals surface area contributed by atoms with E-state index in [1.165, 1.54) is 5.56 Å². The monoisotopic (exact) mass is 398 g/mol. The van der Waals surface area contributed by atoms with Crippen molar-refractivity contribution >= 4 is 22.5 Å². The van der Waals surface area contributed by atoms with Crippen molar-refractivity contribution in [2.45, 2.75) is 13.1 Å². The molecule has 146 valence electrons. The Hall–Kier alpha value is -2.41. The molecule has 1 fully saturated rings. The molecule has 1 saturated heterocycles. The number of halogens is 1. The molecule has 2 heterocycles. The third-order valence-electron chi connectivity index (χ3n) is 5.12. The number of aromatic nitrogens is 2. The predicted molar refractivity (Wildman–Crippen MR) is 111 cm³/mol. The summed E-state index contributed by atoms with van der Waals surface area (Å²) in [5.74, 6) is 1.58. The number of aromatic amines is 1. The standard InChI is InChI=1S/C21H23ClN4O2/c1-28-17-5-2-15(3-6-17)13-25-8-10-26(11-9-25)14-20-23-19-7-4-16(22)12-18(19)21(27)24-20/h2-7,12H,8-11,13-14H2,1H3,(H,23,24,27). The predicted octanol–water partition coefficient (Wildman–Crippen LogP) is 2.90. The van der Waals surface area contributed by atoms with E-state index in [1.54, 1.807) is 25.3 Å². The van der Waals surface area contributed by atoms with Crippen LogP contribution in [0.4, 0.5) is 0 Å². The molecule has 3 aromatic rings. The number of ether oxygens (including phenoxy) is 1. The van der Waals surface area contributed by atoms with Crippen LogP contribution in [-0.4, -0.2) is 53.1 Å². The lowest BCUT2D eigenvalue weighted by molar-refractivity contribution is 0.120. The van der Waals surface area contributed by atoms with Crippen molar-refractivity contribution < 1.29 is 4.74 Å². The van der Waals surface area contributed by atoms with Crippen LogP contribution in [0, 0.1) is 0 Å². The molecule has 1 aromatic heterocycles. The van der Waals surface area contributed by atoms with Crippen LogP contribution in [0.3, 0.4) is 0 Å². The van der Waals surface area contributed by atoms with Crippen molar-refractivity contribution in [3.8, 4) is 5.75 Å². The largest absolute Gasteiger partial charge is 0.497 e. The van der Waals surface area contributed by atoms with E-state index in [4.69, 9.17) is 16.3 Å². The summed E-state index contributed by atoms with van der Waals surface area (Å²) in [5, 5.41) is 1.07. The molecule has 0 bridgehead atoms. The van der Waals surface area contributed by atoms with Gasteiger partial charge in [0.05, 0.1) is 24.6 Å². The van der Waals surface area contributed by atoms with Gasteiger partial charge in [-0.2, -0.15) is 0 Å². The summed E-state index contributed by atoms with van der Waals surface area (Å²) in [6, 6.07) is 13.4. The Morgan fingerprint density at radius 1 is 1.04 bits per heavy atom. The van der Waals surface area contributed by atoms with Gasteiger partial charge in [-0.25, -0.2) is 4.98 Å². The van der Waals surface area contributed by atoms with Crippen LogP contribution in [0.15, 0.2) is 47.3 Å². The minimum Gasteiger partial charge on any atom is -0.497 e. The molecule has 1 aliphatic rings. The fourth-order valence-electron chi connectivity index (χ4n) is 3.54. The number of benzene rings is 2. The van der Waals surface area contributed by atoms with Gasteiger partial charge in [-0.05, 0) is 35.9 Å². The highest BCUT2D eigenvalue weighted by atomic mass is 35.5. The second kappa shape index (κ2) is 8.31. The first-order valence-corrected chi connectivity index (χ1v) is 9.74. The lowest BCUT2D eigenvalue weighted by Crippen LogP contribution is -2.45. The van der Waals surface area contributed by atoms with E-state index in [1.807, 2.05) is 12.1 Å². The number of hydrogen-bond donors (Lipinski definition) is 1. The van der Waals surface area contributed by atoms with E-state index >= 15 is 0 Å². The number of rotatable bonds is 5. The molecule has 7 heteroatoms. The summed E-state index contributed by atoms with van der Waals surface area (Å²) >= 11 is 5.97. The molecular formula is C21H23ClN4O2. The third-order valence-corrected chi connectivity index (χ3v) is 5.36. The molecule has 28 heavy (non-hydrogen) atoms. The van der Waals surface area contributed by atoms with Crippen molar-refractivity contribution in [3.63, 3.8) is 0 Å². The number of H-pyrrole nitrogens is 1. The zero-order valence-electron chi connectivity index (χ0n) is 15.8. The average molecular weight is 399 g/mol. The number of hydrogen-bond acceptors (Lipinski definition) is 5. The summed E-state index contributed by atoms with van der Waals surface area (Å²) in [6.45, 7) is 5.43. The molecule has 0 atom stereocenters. The van der Waals surface area contributed by atoms with E-state index < -0.39 is 0 Å². The highest BCUT2D eigenvalue weighted by molar-refractivity contribution is 6.31. The summed E-state index contributed by atoms with van der Waals surface area (Å²) in [6.07, 6.45) is 0. The normalized spacial score (nSPS) is 15.8. The quantitative estimate of drug-likeness (QED) is 0.716. The van der Waals surface area contributed by atoms with Crippen LogP contribution < -0.4 is 10.3 Å². The number of piperazine rings is 1. The molecule has 0 aliphatic carbocycles. The van der Waals surface area contributed by atoms with E-state index in [-0.39, 0.29) is 5.56 Å². The summed E-state index contributed by atoms with van der Waals surface area (Å²) in [7, 11) is 1.68. The van der Waals surface area contributed by atoms with Crippen LogP contribution in [0.2, 0.25) is 5.02 Å². The van der Waals surface area contributed by atoms with Crippen molar-refractivity contribution in [3.05, 3.63) is 69.2 Å². The Bertz CT molecular complexity index is 1010. The highest BCUT2D eigenvalue weighted by Gasteiger charge is 2.18. The molecular weight excluding hydrogens is 376 g/mol. The van der Waals surface area contributed by atoms with Gasteiger partial charge in [0.1, 0.15) is 11.6 Å². The fraction of sp³-hybridized carbons (Fsp3) is 0.333. The highest BCUT2D eigenvalue weighted by Crippen LogP contribution is 2.16. The molecule has 0 radical (unpaired) electrons. The topological polar surface area (TPSA) is 61.5 Å². The lowest BCUT2D eigenvalue weighted by atomic mass is 10.2. The van der Waals surface area contributed by atoms with Gasteiger partial charge in [-0.1, -0.05) is 23.7 Å². The van der Waals surface area contributed by atoms with Crippen LogP contribution in [0.5, 0.6) is 5.75 Å². The van der Waals surface area contributed by atoms with Crippen molar-refractivity contribution in [2.24, 2.45) is 0 Å². The van der Waals surface area contributed by atoms with Gasteiger partial charge in [-0.3, -0.25) is 14.6 Å². The van der Waals surface area contributed by atoms with Crippen LogP contribution in [-0.2, 0) is 13.1 Å². The maximum Gasteiger partial charge on any atom is 0.258 e. The van der Waals surface area contributed by atoms with Crippen LogP contribution in [0.25, 0.3) is 10.9 Å². The molecule has 0 saturated carbocycles. The minimum atomic E-state index is -0.138. The van der Waals surface area contributed by atoms with Crippen molar-refractivity contribution in [1.82, 2.24) is 19.8 Å². The Labute approximate surface area is 168 Å². The first-order valence-electron chi connectivity index (χ1n) is 9.37. The van der Waals surface area contributed by atoms with Gasteiger partial charge < -0.3 is 9.72 Å². The fourth-order valence-corrected chi connectivity index (χ4v) is 3.71. The molecule has 4 rings (SSSR count). The summed E-state index contributed by atoms with van der Waals surface area (Å²) < 4.78 is 5.21. The van der Waals surface area contributed by atoms with Gasteiger partial charge in [0, 0.05) is 37.7 Å². The van der Waals surface area contributed by atoms with Gasteiger partial charge in [0.2, 0.25) is 0 Å². The summed E-state index contributed by atoms with van der Waals surface area (Å²) in [4.78, 5) is 24.6. The second-order valence-electron chi connectivity index (χ2n) is 7.07. The maximum atomic E-state index is 12.3. The molecule has 0 unspecified atom stereocenters. The van der Waals surface area contributed by atoms with E-state index in [0.717, 1.165) is 38.5 Å². The van der Waals surface area contributed by atoms with Gasteiger partial charge in [0.25, 0.3) is 5.56 Å². The van der Waals surface area contributed by atoms with Crippen LogP contribution >= 0.6 is 11.6 Å². The molecule has 0 amide bonds. The van der Waals surface area contributed by atoms with Gasteiger partial charge in [0.15, 0.2) is 0 Å². The minimum absolute atomic E-state index is 0.138. The maximum absolute atomic E-state index is 12.3.